The van der Waals surface area contributed by atoms with E-state index in [0.717, 1.165) is 22.0 Å². The molecule has 2 N–H and O–H groups in total. The van der Waals surface area contributed by atoms with Crippen LogP contribution < -0.4 is 10.1 Å². The Hall–Kier alpha value is -4.52. The fraction of sp³-hybridized carbons (Fsp3) is 0. The summed E-state index contributed by atoms with van der Waals surface area (Å²) in [4.78, 5) is 28.3. The molecule has 7 heteroatoms. The maximum atomic E-state index is 11.5. The smallest absolute Gasteiger partial charge is 0.247 e. The average Bonchev–Trinajstić information content (AvgIpc) is 3.22. The number of aromatic nitrogens is 4. The minimum Gasteiger partial charge on any atom is -0.437 e. The highest BCUT2D eigenvalue weighted by atomic mass is 16.5. The molecule has 0 bridgehead atoms. The summed E-state index contributed by atoms with van der Waals surface area (Å²) in [6, 6.07) is 17.1. The van der Waals surface area contributed by atoms with E-state index in [2.05, 4.69) is 37.9 Å². The van der Waals surface area contributed by atoms with Crippen LogP contribution in [-0.2, 0) is 4.79 Å². The van der Waals surface area contributed by atoms with Gasteiger partial charge in [-0.25, -0.2) is 9.97 Å². The number of anilines is 1. The first-order valence-electron chi connectivity index (χ1n) is 9.60. The van der Waals surface area contributed by atoms with Crippen molar-refractivity contribution in [3.8, 4) is 22.8 Å². The van der Waals surface area contributed by atoms with Crippen molar-refractivity contribution in [1.82, 2.24) is 19.9 Å². The van der Waals surface area contributed by atoms with E-state index < -0.39 is 0 Å². The van der Waals surface area contributed by atoms with Crippen LogP contribution in [0.25, 0.3) is 33.2 Å². The van der Waals surface area contributed by atoms with Crippen molar-refractivity contribution in [3.05, 3.63) is 85.8 Å². The van der Waals surface area contributed by atoms with Crippen molar-refractivity contribution in [2.45, 2.75) is 0 Å². The highest BCUT2D eigenvalue weighted by molar-refractivity contribution is 5.99. The Morgan fingerprint density at radius 3 is 2.87 bits per heavy atom. The third kappa shape index (κ3) is 3.72. The number of carbonyl (C=O) groups excluding carboxylic acids is 1. The molecule has 0 atom stereocenters. The molecule has 3 heterocycles. The van der Waals surface area contributed by atoms with Crippen LogP contribution in [0.15, 0.2) is 85.8 Å². The molecule has 0 aliphatic rings. The van der Waals surface area contributed by atoms with Gasteiger partial charge in [-0.2, -0.15) is 0 Å². The van der Waals surface area contributed by atoms with E-state index in [0.29, 0.717) is 28.5 Å². The second-order valence-electron chi connectivity index (χ2n) is 6.85. The average molecular weight is 407 g/mol. The second kappa shape index (κ2) is 7.72. The Morgan fingerprint density at radius 2 is 1.97 bits per heavy atom. The maximum Gasteiger partial charge on any atom is 0.247 e. The number of hydrogen-bond acceptors (Lipinski definition) is 5. The second-order valence-corrected chi connectivity index (χ2v) is 6.85. The number of amides is 1. The topological polar surface area (TPSA) is 92.8 Å². The number of rotatable bonds is 5. The molecule has 3 aromatic heterocycles. The molecule has 150 valence electrons. The molecule has 0 spiro atoms. The van der Waals surface area contributed by atoms with E-state index in [1.807, 2.05) is 36.7 Å². The van der Waals surface area contributed by atoms with Gasteiger partial charge in [-0.1, -0.05) is 30.8 Å². The summed E-state index contributed by atoms with van der Waals surface area (Å²) in [7, 11) is 0. The number of aromatic amines is 1. The molecule has 0 aliphatic carbocycles. The quantitative estimate of drug-likeness (QED) is 0.396. The number of para-hydroxylation sites is 1. The summed E-state index contributed by atoms with van der Waals surface area (Å²) in [6.45, 7) is 3.45. The number of carbonyl (C=O) groups is 1. The SMILES string of the molecule is C=CC(=O)Nc1cccc(Oc2cnc3[nH]cc(-c4cnc5ccccc5c4)c3n2)c1. The van der Waals surface area contributed by atoms with E-state index in [-0.39, 0.29) is 5.91 Å². The van der Waals surface area contributed by atoms with Gasteiger partial charge in [0.1, 0.15) is 11.3 Å². The normalized spacial score (nSPS) is 10.8. The molecule has 0 fully saturated rings. The summed E-state index contributed by atoms with van der Waals surface area (Å²) in [5.41, 5.74) is 4.70. The van der Waals surface area contributed by atoms with Crippen LogP contribution in [0.3, 0.4) is 0 Å². The molecule has 5 rings (SSSR count). The van der Waals surface area contributed by atoms with E-state index in [4.69, 9.17) is 4.74 Å². The fourth-order valence-electron chi connectivity index (χ4n) is 3.31. The zero-order valence-corrected chi connectivity index (χ0v) is 16.4. The number of hydrogen-bond donors (Lipinski definition) is 2. The van der Waals surface area contributed by atoms with E-state index in [1.54, 1.807) is 30.5 Å². The molecule has 0 unspecified atom stereocenters. The first-order valence-corrected chi connectivity index (χ1v) is 9.60. The number of nitrogens with zero attached hydrogens (tertiary/aromatic N) is 3. The predicted octanol–water partition coefficient (Wildman–Crippen LogP) is 5.09. The number of nitrogens with one attached hydrogen (secondary N) is 2. The van der Waals surface area contributed by atoms with Crippen LogP contribution in [0.5, 0.6) is 11.6 Å². The van der Waals surface area contributed by atoms with Crippen LogP contribution in [0.2, 0.25) is 0 Å². The number of ether oxygens (including phenoxy) is 1. The molecular formula is C24H17N5O2. The third-order valence-corrected chi connectivity index (χ3v) is 4.77. The Bertz CT molecular complexity index is 1440. The van der Waals surface area contributed by atoms with Gasteiger partial charge >= 0.3 is 0 Å². The fourth-order valence-corrected chi connectivity index (χ4v) is 3.31. The number of H-pyrrole nitrogens is 1. The molecular weight excluding hydrogens is 390 g/mol. The monoisotopic (exact) mass is 407 g/mol. The first-order chi connectivity index (χ1) is 15.2. The van der Waals surface area contributed by atoms with E-state index >= 15 is 0 Å². The lowest BCUT2D eigenvalue weighted by Gasteiger charge is -2.08. The molecule has 0 radical (unpaired) electrons. The van der Waals surface area contributed by atoms with Gasteiger partial charge in [-0.05, 0) is 30.3 Å². The van der Waals surface area contributed by atoms with Gasteiger partial charge in [0.25, 0.3) is 0 Å². The van der Waals surface area contributed by atoms with Gasteiger partial charge in [0.05, 0.1) is 11.7 Å². The van der Waals surface area contributed by atoms with Crippen LogP contribution in [0.1, 0.15) is 0 Å². The Morgan fingerprint density at radius 1 is 1.06 bits per heavy atom. The van der Waals surface area contributed by atoms with Crippen LogP contribution in [0.4, 0.5) is 5.69 Å². The van der Waals surface area contributed by atoms with E-state index in [9.17, 15) is 4.79 Å². The molecule has 5 aromatic rings. The minimum atomic E-state index is -0.292. The van der Waals surface area contributed by atoms with Gasteiger partial charge in [0.2, 0.25) is 11.8 Å². The lowest BCUT2D eigenvalue weighted by atomic mass is 10.1. The van der Waals surface area contributed by atoms with E-state index in [1.165, 1.54) is 6.08 Å². The molecule has 1 amide bonds. The van der Waals surface area contributed by atoms with Crippen molar-refractivity contribution in [2.24, 2.45) is 0 Å². The molecule has 0 saturated heterocycles. The molecule has 7 nitrogen and oxygen atoms in total. The third-order valence-electron chi connectivity index (χ3n) is 4.77. The zero-order valence-electron chi connectivity index (χ0n) is 16.4. The number of fused-ring (bicyclic) bond motifs is 2. The predicted molar refractivity (Wildman–Crippen MR) is 120 cm³/mol. The van der Waals surface area contributed by atoms with Crippen molar-refractivity contribution in [2.75, 3.05) is 5.32 Å². The molecule has 0 saturated carbocycles. The summed E-state index contributed by atoms with van der Waals surface area (Å²) in [5.74, 6) is 0.577. The summed E-state index contributed by atoms with van der Waals surface area (Å²) >= 11 is 0. The molecule has 0 aliphatic heterocycles. The maximum absolute atomic E-state index is 11.5. The summed E-state index contributed by atoms with van der Waals surface area (Å²) in [6.07, 6.45) is 6.45. The van der Waals surface area contributed by atoms with Gasteiger partial charge in [-0.15, -0.1) is 0 Å². The molecule has 2 aromatic carbocycles. The lowest BCUT2D eigenvalue weighted by Crippen LogP contribution is -2.07. The van der Waals surface area contributed by atoms with Crippen molar-refractivity contribution >= 4 is 33.7 Å². The Balaban J connectivity index is 1.48. The molecule has 31 heavy (non-hydrogen) atoms. The summed E-state index contributed by atoms with van der Waals surface area (Å²) in [5, 5.41) is 3.75. The van der Waals surface area contributed by atoms with Gasteiger partial charge in [-0.3, -0.25) is 9.78 Å². The van der Waals surface area contributed by atoms with Crippen LogP contribution >= 0.6 is 0 Å². The van der Waals surface area contributed by atoms with Crippen LogP contribution in [-0.4, -0.2) is 25.8 Å². The van der Waals surface area contributed by atoms with Gasteiger partial charge < -0.3 is 15.0 Å². The highest BCUT2D eigenvalue weighted by Gasteiger charge is 2.12. The van der Waals surface area contributed by atoms with Crippen LogP contribution in [0, 0.1) is 0 Å². The minimum absolute atomic E-state index is 0.292. The summed E-state index contributed by atoms with van der Waals surface area (Å²) < 4.78 is 5.89. The van der Waals surface area contributed by atoms with Gasteiger partial charge in [0.15, 0.2) is 5.65 Å². The first kappa shape index (κ1) is 18.5. The standard InChI is InChI=1S/C24H17N5O2/c1-2-21(30)28-17-7-5-8-18(11-17)31-22-14-27-24-23(29-22)19(13-26-24)16-10-15-6-3-4-9-20(15)25-12-16/h2-14H,1H2,(H,26,27)(H,28,30). The largest absolute Gasteiger partial charge is 0.437 e. The number of benzene rings is 2. The zero-order chi connectivity index (χ0) is 21.2. The lowest BCUT2D eigenvalue weighted by molar-refractivity contribution is -0.111. The van der Waals surface area contributed by atoms with Crippen molar-refractivity contribution in [3.63, 3.8) is 0 Å². The van der Waals surface area contributed by atoms with Crippen molar-refractivity contribution in [1.29, 1.82) is 0 Å². The van der Waals surface area contributed by atoms with Crippen molar-refractivity contribution < 1.29 is 9.53 Å². The highest BCUT2D eigenvalue weighted by Crippen LogP contribution is 2.30. The Labute approximate surface area is 177 Å². The van der Waals surface area contributed by atoms with Gasteiger partial charge in [0, 0.05) is 40.7 Å². The number of pyridine rings is 1. The Kier molecular flexibility index (Phi) is 4.61.